The highest BCUT2D eigenvalue weighted by atomic mass is 28.4. The Hall–Kier alpha value is -0.393. The minimum absolute atomic E-state index is 0.0305. The van der Waals surface area contributed by atoms with Crippen LogP contribution in [0, 0.1) is 5.92 Å². The van der Waals surface area contributed by atoms with Gasteiger partial charge in [-0.25, -0.2) is 0 Å². The first-order valence-electron chi connectivity index (χ1n) is 5.86. The Morgan fingerprint density at radius 3 is 2.19 bits per heavy atom. The highest BCUT2D eigenvalue weighted by Gasteiger charge is 2.38. The molecule has 0 saturated carbocycles. The minimum Gasteiger partial charge on any atom is -0.473 e. The number of rotatable bonds is 8. The van der Waals surface area contributed by atoms with Crippen LogP contribution in [0.2, 0.25) is 6.55 Å². The summed E-state index contributed by atoms with van der Waals surface area (Å²) in [7, 11) is 0.292. The maximum Gasteiger partial charge on any atom is 0.564 e. The van der Waals surface area contributed by atoms with Gasteiger partial charge >= 0.3 is 8.80 Å². The van der Waals surface area contributed by atoms with E-state index in [2.05, 4.69) is 6.92 Å². The van der Waals surface area contributed by atoms with E-state index in [-0.39, 0.29) is 11.9 Å². The van der Waals surface area contributed by atoms with E-state index in [4.69, 9.17) is 13.3 Å². The molecule has 0 aromatic carbocycles. The fraction of sp³-hybridized carbons (Fsp3) is 0.909. The van der Waals surface area contributed by atoms with Crippen molar-refractivity contribution in [2.45, 2.75) is 46.1 Å². The van der Waals surface area contributed by atoms with Crippen molar-refractivity contribution in [3.8, 4) is 0 Å². The van der Waals surface area contributed by atoms with Crippen molar-refractivity contribution >= 4 is 14.8 Å². The summed E-state index contributed by atoms with van der Waals surface area (Å²) in [6.45, 7) is 5.83. The first kappa shape index (κ1) is 15.6. The summed E-state index contributed by atoms with van der Waals surface area (Å²) in [5.74, 6) is -0.217. The van der Waals surface area contributed by atoms with Crippen molar-refractivity contribution in [2.75, 3.05) is 14.2 Å². The molecule has 1 atom stereocenters. The SMILES string of the molecule is CCCCC(CC)C(=O)O[Si](C)(OC)OC. The van der Waals surface area contributed by atoms with Gasteiger partial charge in [0, 0.05) is 20.8 Å². The van der Waals surface area contributed by atoms with Gasteiger partial charge in [-0.2, -0.15) is 0 Å². The Morgan fingerprint density at radius 1 is 1.25 bits per heavy atom. The Labute approximate surface area is 99.6 Å². The Balaban J connectivity index is 4.29. The van der Waals surface area contributed by atoms with Crippen LogP contribution in [0.5, 0.6) is 0 Å². The summed E-state index contributed by atoms with van der Waals surface area (Å²) in [6, 6.07) is 0. The number of carbonyl (C=O) groups is 1. The van der Waals surface area contributed by atoms with Crippen LogP contribution in [-0.2, 0) is 18.1 Å². The van der Waals surface area contributed by atoms with Gasteiger partial charge in [0.2, 0.25) is 0 Å². The molecule has 0 aromatic heterocycles. The molecule has 0 aliphatic rings. The van der Waals surface area contributed by atoms with E-state index >= 15 is 0 Å². The summed E-state index contributed by atoms with van der Waals surface area (Å²) >= 11 is 0. The second kappa shape index (κ2) is 7.81. The summed E-state index contributed by atoms with van der Waals surface area (Å²) in [6.07, 6.45) is 3.82. The van der Waals surface area contributed by atoms with Gasteiger partial charge in [-0.05, 0) is 12.8 Å². The second-order valence-electron chi connectivity index (χ2n) is 3.94. The molecule has 0 saturated heterocycles. The van der Waals surface area contributed by atoms with Gasteiger partial charge < -0.3 is 13.3 Å². The second-order valence-corrected chi connectivity index (χ2v) is 6.68. The van der Waals surface area contributed by atoms with E-state index in [0.29, 0.717) is 0 Å². The molecular formula is C11H24O4Si. The molecule has 1 unspecified atom stereocenters. The molecule has 0 amide bonds. The van der Waals surface area contributed by atoms with E-state index in [1.807, 2.05) is 6.92 Å². The van der Waals surface area contributed by atoms with E-state index in [9.17, 15) is 4.79 Å². The van der Waals surface area contributed by atoms with Crippen molar-refractivity contribution in [2.24, 2.45) is 5.92 Å². The number of unbranched alkanes of at least 4 members (excludes halogenated alkanes) is 1. The predicted molar refractivity (Wildman–Crippen MR) is 65.0 cm³/mol. The van der Waals surface area contributed by atoms with E-state index in [1.54, 1.807) is 6.55 Å². The molecule has 0 aliphatic heterocycles. The predicted octanol–water partition coefficient (Wildman–Crippen LogP) is 2.61. The Kier molecular flexibility index (Phi) is 7.62. The maximum absolute atomic E-state index is 11.9. The van der Waals surface area contributed by atoms with Crippen molar-refractivity contribution in [3.05, 3.63) is 0 Å². The average Bonchev–Trinajstić information content (AvgIpc) is 2.29. The number of hydrogen-bond donors (Lipinski definition) is 0. The normalized spacial score (nSPS) is 13.6. The summed E-state index contributed by atoms with van der Waals surface area (Å²) in [5, 5.41) is 0. The minimum atomic E-state index is -2.73. The smallest absolute Gasteiger partial charge is 0.473 e. The van der Waals surface area contributed by atoms with E-state index in [1.165, 1.54) is 14.2 Å². The van der Waals surface area contributed by atoms with E-state index < -0.39 is 8.80 Å². The summed E-state index contributed by atoms with van der Waals surface area (Å²) in [5.41, 5.74) is 0. The van der Waals surface area contributed by atoms with Crippen molar-refractivity contribution in [1.29, 1.82) is 0 Å². The van der Waals surface area contributed by atoms with Crippen LogP contribution in [0.1, 0.15) is 39.5 Å². The molecule has 0 N–H and O–H groups in total. The molecule has 0 aliphatic carbocycles. The lowest BCUT2D eigenvalue weighted by Gasteiger charge is -2.24. The zero-order valence-electron chi connectivity index (χ0n) is 11.0. The first-order valence-corrected chi connectivity index (χ1v) is 8.08. The molecule has 0 radical (unpaired) electrons. The van der Waals surface area contributed by atoms with E-state index in [0.717, 1.165) is 25.7 Å². The van der Waals surface area contributed by atoms with Gasteiger partial charge in [0.25, 0.3) is 5.97 Å². The molecule has 4 nitrogen and oxygen atoms in total. The molecule has 0 fully saturated rings. The third-order valence-corrected chi connectivity index (χ3v) is 4.81. The Morgan fingerprint density at radius 2 is 1.81 bits per heavy atom. The van der Waals surface area contributed by atoms with Crippen LogP contribution in [0.15, 0.2) is 0 Å². The molecule has 96 valence electrons. The number of hydrogen-bond acceptors (Lipinski definition) is 4. The van der Waals surface area contributed by atoms with Crippen LogP contribution in [0.25, 0.3) is 0 Å². The van der Waals surface area contributed by atoms with Crippen LogP contribution < -0.4 is 0 Å². The molecule has 0 rings (SSSR count). The van der Waals surface area contributed by atoms with Crippen LogP contribution in [0.3, 0.4) is 0 Å². The lowest BCUT2D eigenvalue weighted by Crippen LogP contribution is -2.43. The topological polar surface area (TPSA) is 44.8 Å². The van der Waals surface area contributed by atoms with Gasteiger partial charge in [0.1, 0.15) is 0 Å². The standard InChI is InChI=1S/C11H24O4Si/c1-6-8-9-10(7-2)11(12)15-16(5,13-3)14-4/h10H,6-9H2,1-5H3. The Bertz CT molecular complexity index is 204. The third kappa shape index (κ3) is 5.09. The third-order valence-electron chi connectivity index (χ3n) is 2.76. The number of carbonyl (C=O) groups excluding carboxylic acids is 1. The maximum atomic E-state index is 11.9. The van der Waals surface area contributed by atoms with Crippen molar-refractivity contribution in [1.82, 2.24) is 0 Å². The zero-order valence-corrected chi connectivity index (χ0v) is 12.0. The molecule has 0 aromatic rings. The lowest BCUT2D eigenvalue weighted by molar-refractivity contribution is -0.143. The lowest BCUT2D eigenvalue weighted by atomic mass is 10.00. The van der Waals surface area contributed by atoms with Crippen molar-refractivity contribution in [3.63, 3.8) is 0 Å². The van der Waals surface area contributed by atoms with Crippen LogP contribution in [-0.4, -0.2) is 29.0 Å². The zero-order chi connectivity index (χ0) is 12.6. The van der Waals surface area contributed by atoms with Crippen LogP contribution >= 0.6 is 0 Å². The highest BCUT2D eigenvalue weighted by molar-refractivity contribution is 6.60. The highest BCUT2D eigenvalue weighted by Crippen LogP contribution is 2.17. The fourth-order valence-corrected chi connectivity index (χ4v) is 2.24. The molecule has 0 spiro atoms. The van der Waals surface area contributed by atoms with Gasteiger partial charge in [-0.1, -0.05) is 26.7 Å². The molecule has 0 heterocycles. The molecular weight excluding hydrogens is 224 g/mol. The fourth-order valence-electron chi connectivity index (χ4n) is 1.37. The summed E-state index contributed by atoms with van der Waals surface area (Å²) < 4.78 is 15.6. The van der Waals surface area contributed by atoms with Gasteiger partial charge in [0.05, 0.1) is 5.92 Å². The van der Waals surface area contributed by atoms with Crippen molar-refractivity contribution < 1.29 is 18.1 Å². The monoisotopic (exact) mass is 248 g/mol. The molecule has 0 bridgehead atoms. The largest absolute Gasteiger partial charge is 0.564 e. The summed E-state index contributed by atoms with van der Waals surface area (Å²) in [4.78, 5) is 11.9. The average molecular weight is 248 g/mol. The first-order chi connectivity index (χ1) is 7.52. The van der Waals surface area contributed by atoms with Gasteiger partial charge in [-0.3, -0.25) is 4.79 Å². The molecule has 16 heavy (non-hydrogen) atoms. The van der Waals surface area contributed by atoms with Gasteiger partial charge in [0.15, 0.2) is 0 Å². The van der Waals surface area contributed by atoms with Crippen LogP contribution in [0.4, 0.5) is 0 Å². The molecule has 5 heteroatoms. The quantitative estimate of drug-likeness (QED) is 0.619. The van der Waals surface area contributed by atoms with Gasteiger partial charge in [-0.15, -0.1) is 0 Å².